The number of nitrogens with zero attached hydrogens (tertiary/aromatic N) is 1. The second kappa shape index (κ2) is 7.30. The van der Waals surface area contributed by atoms with Gasteiger partial charge in [-0.1, -0.05) is 41.9 Å². The van der Waals surface area contributed by atoms with Gasteiger partial charge in [0.15, 0.2) is 0 Å². The molecule has 108 valence electrons. The lowest BCUT2D eigenvalue weighted by molar-refractivity contribution is 1.02. The highest BCUT2D eigenvalue weighted by molar-refractivity contribution is 6.31. The summed E-state index contributed by atoms with van der Waals surface area (Å²) in [6.07, 6.45) is 2.81. The van der Waals surface area contributed by atoms with Crippen LogP contribution in [-0.2, 0) is 6.42 Å². The van der Waals surface area contributed by atoms with E-state index in [1.165, 1.54) is 5.56 Å². The van der Waals surface area contributed by atoms with Gasteiger partial charge in [0.1, 0.15) is 0 Å². The molecule has 0 amide bonds. The molecule has 0 unspecified atom stereocenters. The number of pyridine rings is 1. The van der Waals surface area contributed by atoms with Crippen LogP contribution in [0.3, 0.4) is 0 Å². The molecule has 0 saturated carbocycles. The molecule has 0 bridgehead atoms. The first kappa shape index (κ1) is 15.6. The Morgan fingerprint density at radius 3 is 2.62 bits per heavy atom. The number of benzene rings is 2. The lowest BCUT2D eigenvalue weighted by atomic mass is 10.1. The third kappa shape index (κ3) is 3.87. The van der Waals surface area contributed by atoms with Gasteiger partial charge in [0.05, 0.1) is 5.52 Å². The molecule has 0 aliphatic carbocycles. The Morgan fingerprint density at radius 1 is 1.00 bits per heavy atom. The Balaban J connectivity index is 0.00000161. The van der Waals surface area contributed by atoms with Crippen molar-refractivity contribution < 1.29 is 0 Å². The zero-order valence-electron chi connectivity index (χ0n) is 11.4. The third-order valence-electron chi connectivity index (χ3n) is 3.28. The standard InChI is InChI=1S/C17H15ClN2.ClH/c18-14-6-7-15-16(9-11-20-17(15)12-14)19-10-8-13-4-2-1-3-5-13;/h1-7,9,11-12H,8,10H2,(H,19,20);1H. The number of halogens is 2. The van der Waals surface area contributed by atoms with Crippen LogP contribution in [0.1, 0.15) is 5.56 Å². The number of nitrogens with one attached hydrogen (secondary N) is 1. The predicted molar refractivity (Wildman–Crippen MR) is 92.6 cm³/mol. The van der Waals surface area contributed by atoms with Crippen LogP contribution in [0.5, 0.6) is 0 Å². The fourth-order valence-corrected chi connectivity index (χ4v) is 2.43. The highest BCUT2D eigenvalue weighted by Gasteiger charge is 2.02. The minimum absolute atomic E-state index is 0. The molecule has 3 aromatic rings. The molecule has 4 heteroatoms. The van der Waals surface area contributed by atoms with Gasteiger partial charge in [0.2, 0.25) is 0 Å². The maximum Gasteiger partial charge on any atom is 0.0737 e. The number of anilines is 1. The van der Waals surface area contributed by atoms with Gasteiger partial charge in [0, 0.05) is 28.8 Å². The van der Waals surface area contributed by atoms with Crippen molar-refractivity contribution in [3.05, 3.63) is 71.4 Å². The molecule has 1 heterocycles. The van der Waals surface area contributed by atoms with E-state index in [1.807, 2.05) is 36.5 Å². The van der Waals surface area contributed by atoms with E-state index in [2.05, 4.69) is 34.6 Å². The summed E-state index contributed by atoms with van der Waals surface area (Å²) in [5.74, 6) is 0. The van der Waals surface area contributed by atoms with Crippen molar-refractivity contribution in [1.82, 2.24) is 4.98 Å². The summed E-state index contributed by atoms with van der Waals surface area (Å²) < 4.78 is 0. The van der Waals surface area contributed by atoms with Crippen LogP contribution >= 0.6 is 24.0 Å². The summed E-state index contributed by atoms with van der Waals surface area (Å²) in [5, 5.41) is 5.29. The van der Waals surface area contributed by atoms with Gasteiger partial charge >= 0.3 is 0 Å². The maximum atomic E-state index is 5.99. The molecule has 0 aliphatic rings. The van der Waals surface area contributed by atoms with Gasteiger partial charge in [-0.25, -0.2) is 0 Å². The topological polar surface area (TPSA) is 24.9 Å². The molecule has 1 aromatic heterocycles. The highest BCUT2D eigenvalue weighted by Crippen LogP contribution is 2.24. The van der Waals surface area contributed by atoms with Crippen molar-refractivity contribution in [2.75, 3.05) is 11.9 Å². The smallest absolute Gasteiger partial charge is 0.0737 e. The van der Waals surface area contributed by atoms with Gasteiger partial charge in [0.25, 0.3) is 0 Å². The summed E-state index contributed by atoms with van der Waals surface area (Å²) >= 11 is 5.99. The molecule has 1 N–H and O–H groups in total. The second-order valence-electron chi connectivity index (χ2n) is 4.68. The van der Waals surface area contributed by atoms with Crippen LogP contribution in [-0.4, -0.2) is 11.5 Å². The van der Waals surface area contributed by atoms with E-state index in [9.17, 15) is 0 Å². The second-order valence-corrected chi connectivity index (χ2v) is 5.12. The normalized spacial score (nSPS) is 10.1. The molecule has 0 fully saturated rings. The molecule has 0 saturated heterocycles. The zero-order chi connectivity index (χ0) is 13.8. The Hall–Kier alpha value is -1.77. The van der Waals surface area contributed by atoms with Crippen molar-refractivity contribution in [1.29, 1.82) is 0 Å². The van der Waals surface area contributed by atoms with E-state index in [0.29, 0.717) is 5.02 Å². The van der Waals surface area contributed by atoms with Crippen molar-refractivity contribution in [3.63, 3.8) is 0 Å². The van der Waals surface area contributed by atoms with Gasteiger partial charge in [-0.3, -0.25) is 4.98 Å². The summed E-state index contributed by atoms with van der Waals surface area (Å²) in [7, 11) is 0. The first-order chi connectivity index (χ1) is 9.83. The molecule has 2 aromatic carbocycles. The molecule has 21 heavy (non-hydrogen) atoms. The summed E-state index contributed by atoms with van der Waals surface area (Å²) in [4.78, 5) is 4.34. The van der Waals surface area contributed by atoms with Crippen LogP contribution in [0.4, 0.5) is 5.69 Å². The summed E-state index contributed by atoms with van der Waals surface area (Å²) in [6.45, 7) is 0.895. The van der Waals surface area contributed by atoms with E-state index in [-0.39, 0.29) is 12.4 Å². The molecular weight excluding hydrogens is 303 g/mol. The first-order valence-electron chi connectivity index (χ1n) is 6.65. The fourth-order valence-electron chi connectivity index (χ4n) is 2.26. The third-order valence-corrected chi connectivity index (χ3v) is 3.51. The molecule has 0 spiro atoms. The monoisotopic (exact) mass is 318 g/mol. The largest absolute Gasteiger partial charge is 0.384 e. The summed E-state index contributed by atoms with van der Waals surface area (Å²) in [6, 6.07) is 18.3. The summed E-state index contributed by atoms with van der Waals surface area (Å²) in [5.41, 5.74) is 3.35. The molecular formula is C17H16Cl2N2. The van der Waals surface area contributed by atoms with Gasteiger partial charge in [-0.05, 0) is 36.2 Å². The average molecular weight is 319 g/mol. The van der Waals surface area contributed by atoms with E-state index < -0.39 is 0 Å². The van der Waals surface area contributed by atoms with Crippen LogP contribution in [0.25, 0.3) is 10.9 Å². The van der Waals surface area contributed by atoms with E-state index in [4.69, 9.17) is 11.6 Å². The van der Waals surface area contributed by atoms with Crippen LogP contribution < -0.4 is 5.32 Å². The molecule has 0 aliphatic heterocycles. The van der Waals surface area contributed by atoms with Crippen molar-refractivity contribution in [2.45, 2.75) is 6.42 Å². The Morgan fingerprint density at radius 2 is 1.81 bits per heavy atom. The van der Waals surface area contributed by atoms with Gasteiger partial charge in [-0.15, -0.1) is 12.4 Å². The van der Waals surface area contributed by atoms with Crippen LogP contribution in [0.2, 0.25) is 5.02 Å². The van der Waals surface area contributed by atoms with Crippen LogP contribution in [0.15, 0.2) is 60.8 Å². The quantitative estimate of drug-likeness (QED) is 0.735. The Kier molecular flexibility index (Phi) is 5.43. The minimum Gasteiger partial charge on any atom is -0.384 e. The molecule has 0 radical (unpaired) electrons. The Bertz CT molecular complexity index is 714. The van der Waals surface area contributed by atoms with Crippen molar-refractivity contribution in [2.24, 2.45) is 0 Å². The highest BCUT2D eigenvalue weighted by atomic mass is 35.5. The number of aromatic nitrogens is 1. The van der Waals surface area contributed by atoms with Gasteiger partial charge < -0.3 is 5.32 Å². The van der Waals surface area contributed by atoms with E-state index in [0.717, 1.165) is 29.6 Å². The number of hydrogen-bond acceptors (Lipinski definition) is 2. The maximum absolute atomic E-state index is 5.99. The molecule has 2 nitrogen and oxygen atoms in total. The van der Waals surface area contributed by atoms with Crippen molar-refractivity contribution >= 4 is 40.6 Å². The van der Waals surface area contributed by atoms with Crippen molar-refractivity contribution in [3.8, 4) is 0 Å². The Labute approximate surface area is 135 Å². The lowest BCUT2D eigenvalue weighted by Crippen LogP contribution is -2.05. The first-order valence-corrected chi connectivity index (χ1v) is 7.03. The SMILES string of the molecule is Cl.Clc1ccc2c(NCCc3ccccc3)ccnc2c1. The van der Waals surface area contributed by atoms with Crippen LogP contribution in [0, 0.1) is 0 Å². The minimum atomic E-state index is 0. The molecule has 0 atom stereocenters. The van der Waals surface area contributed by atoms with E-state index in [1.54, 1.807) is 0 Å². The lowest BCUT2D eigenvalue weighted by Gasteiger charge is -2.09. The fraction of sp³-hybridized carbons (Fsp3) is 0.118. The average Bonchev–Trinajstić information content (AvgIpc) is 2.48. The number of fused-ring (bicyclic) bond motifs is 1. The number of hydrogen-bond donors (Lipinski definition) is 1. The zero-order valence-corrected chi connectivity index (χ0v) is 13.0. The predicted octanol–water partition coefficient (Wildman–Crippen LogP) is 4.96. The van der Waals surface area contributed by atoms with Gasteiger partial charge in [-0.2, -0.15) is 0 Å². The molecule has 3 rings (SSSR count). The van der Waals surface area contributed by atoms with E-state index >= 15 is 0 Å². The number of rotatable bonds is 4.